The fraction of sp³-hybridized carbons (Fsp3) is 0.107. The molecule has 6 nitrogen and oxygen atoms in total. The Labute approximate surface area is 210 Å². The smallest absolute Gasteiger partial charge is 0.243 e. The van der Waals surface area contributed by atoms with Crippen LogP contribution in [0.3, 0.4) is 0 Å². The van der Waals surface area contributed by atoms with Crippen LogP contribution in [0.15, 0.2) is 108 Å². The number of para-hydroxylation sites is 3. The molecule has 0 atom stereocenters. The minimum atomic E-state index is -4.10. The first-order valence-electron chi connectivity index (χ1n) is 11.2. The Morgan fingerprint density at radius 2 is 1.50 bits per heavy atom. The molecule has 0 saturated carbocycles. The van der Waals surface area contributed by atoms with Crippen LogP contribution in [0, 0.1) is 12.7 Å². The number of aryl methyl sites for hydroxylation is 1. The molecule has 0 aliphatic heterocycles. The number of anilines is 1. The van der Waals surface area contributed by atoms with Gasteiger partial charge in [0.05, 0.1) is 17.1 Å². The van der Waals surface area contributed by atoms with Crippen molar-refractivity contribution in [3.8, 4) is 11.5 Å². The van der Waals surface area contributed by atoms with Crippen molar-refractivity contribution in [2.24, 2.45) is 0 Å². The van der Waals surface area contributed by atoms with E-state index in [0.717, 1.165) is 9.87 Å². The molecule has 4 aromatic rings. The molecule has 4 rings (SSSR count). The monoisotopic (exact) mass is 504 g/mol. The molecule has 0 radical (unpaired) electrons. The van der Waals surface area contributed by atoms with Gasteiger partial charge in [-0.1, -0.05) is 66.2 Å². The molecule has 0 fully saturated rings. The Hall–Kier alpha value is -4.01. The number of carbonyl (C=O) groups excluding carboxylic acids is 1. The van der Waals surface area contributed by atoms with Crippen molar-refractivity contribution in [2.75, 3.05) is 11.9 Å². The van der Waals surface area contributed by atoms with Gasteiger partial charge in [-0.2, -0.15) is 4.31 Å². The largest absolute Gasteiger partial charge is 0.455 e. The molecule has 1 amide bonds. The zero-order chi connectivity index (χ0) is 25.5. The average molecular weight is 505 g/mol. The highest BCUT2D eigenvalue weighted by Gasteiger charge is 2.28. The number of rotatable bonds is 9. The molecule has 4 aromatic carbocycles. The van der Waals surface area contributed by atoms with Crippen LogP contribution < -0.4 is 10.1 Å². The maximum Gasteiger partial charge on any atom is 0.243 e. The summed E-state index contributed by atoms with van der Waals surface area (Å²) in [5.74, 6) is -0.156. The number of hydrogen-bond donors (Lipinski definition) is 1. The van der Waals surface area contributed by atoms with E-state index in [1.807, 2.05) is 25.1 Å². The Bertz CT molecular complexity index is 1440. The normalized spacial score (nSPS) is 11.3. The summed E-state index contributed by atoms with van der Waals surface area (Å²) in [5, 5.41) is 2.73. The van der Waals surface area contributed by atoms with Crippen LogP contribution in [0.5, 0.6) is 11.5 Å². The Morgan fingerprint density at radius 1 is 0.861 bits per heavy atom. The predicted octanol–water partition coefficient (Wildman–Crippen LogP) is 5.76. The highest BCUT2D eigenvalue weighted by Crippen LogP contribution is 2.29. The van der Waals surface area contributed by atoms with Gasteiger partial charge in [-0.05, 0) is 49.4 Å². The average Bonchev–Trinajstić information content (AvgIpc) is 2.87. The van der Waals surface area contributed by atoms with Gasteiger partial charge < -0.3 is 10.1 Å². The summed E-state index contributed by atoms with van der Waals surface area (Å²) in [4.78, 5) is 13.1. The third-order valence-electron chi connectivity index (χ3n) is 5.42. The highest BCUT2D eigenvalue weighted by molar-refractivity contribution is 7.89. The van der Waals surface area contributed by atoms with Crippen LogP contribution >= 0.6 is 0 Å². The van der Waals surface area contributed by atoms with Crippen molar-refractivity contribution in [1.82, 2.24) is 4.31 Å². The Morgan fingerprint density at radius 3 is 2.22 bits per heavy atom. The van der Waals surface area contributed by atoms with Crippen molar-refractivity contribution in [3.05, 3.63) is 120 Å². The number of carbonyl (C=O) groups is 1. The van der Waals surface area contributed by atoms with Gasteiger partial charge in [-0.25, -0.2) is 12.8 Å². The second kappa shape index (κ2) is 11.2. The summed E-state index contributed by atoms with van der Waals surface area (Å²) < 4.78 is 48.2. The lowest BCUT2D eigenvalue weighted by Gasteiger charge is -2.22. The second-order valence-electron chi connectivity index (χ2n) is 8.14. The summed E-state index contributed by atoms with van der Waals surface area (Å²) in [6.45, 7) is 1.01. The van der Waals surface area contributed by atoms with Crippen molar-refractivity contribution in [2.45, 2.75) is 18.4 Å². The maximum atomic E-state index is 14.4. The molecular formula is C28H25FN2O4S. The minimum Gasteiger partial charge on any atom is -0.455 e. The lowest BCUT2D eigenvalue weighted by atomic mass is 10.2. The molecule has 184 valence electrons. The van der Waals surface area contributed by atoms with E-state index < -0.39 is 28.3 Å². The Balaban J connectivity index is 1.59. The van der Waals surface area contributed by atoms with E-state index in [9.17, 15) is 17.6 Å². The van der Waals surface area contributed by atoms with Gasteiger partial charge in [0.2, 0.25) is 15.9 Å². The molecule has 0 aromatic heterocycles. The van der Waals surface area contributed by atoms with Gasteiger partial charge in [-0.3, -0.25) is 4.79 Å². The van der Waals surface area contributed by atoms with E-state index in [1.165, 1.54) is 30.3 Å². The third kappa shape index (κ3) is 6.16. The highest BCUT2D eigenvalue weighted by atomic mass is 32.2. The molecule has 0 unspecified atom stereocenters. The second-order valence-corrected chi connectivity index (χ2v) is 10.1. The molecule has 0 spiro atoms. The van der Waals surface area contributed by atoms with Crippen molar-refractivity contribution in [3.63, 3.8) is 0 Å². The molecule has 8 heteroatoms. The number of benzene rings is 4. The first-order chi connectivity index (χ1) is 17.3. The molecule has 0 aliphatic rings. The number of nitrogens with zero attached hydrogens (tertiary/aromatic N) is 1. The van der Waals surface area contributed by atoms with E-state index >= 15 is 0 Å². The summed E-state index contributed by atoms with van der Waals surface area (Å²) in [6, 6.07) is 28.1. The standard InChI is InChI=1S/C28H25FN2O4S/c1-21-15-17-24(18-16-21)36(33,34)31(19-22-9-5-6-12-25(22)29)20-28(32)30-26-13-7-8-14-27(26)35-23-10-3-2-4-11-23/h2-18H,19-20H2,1H3,(H,30,32). The van der Waals surface area contributed by atoms with Crippen LogP contribution in [0.25, 0.3) is 0 Å². The summed E-state index contributed by atoms with van der Waals surface area (Å²) in [6.07, 6.45) is 0. The van der Waals surface area contributed by atoms with Crippen LogP contribution in [0.4, 0.5) is 10.1 Å². The number of ether oxygens (including phenoxy) is 1. The zero-order valence-corrected chi connectivity index (χ0v) is 20.4. The minimum absolute atomic E-state index is 0.0186. The van der Waals surface area contributed by atoms with Crippen molar-refractivity contribution >= 4 is 21.6 Å². The van der Waals surface area contributed by atoms with E-state index in [-0.39, 0.29) is 17.0 Å². The topological polar surface area (TPSA) is 75.7 Å². The number of nitrogens with one attached hydrogen (secondary N) is 1. The van der Waals surface area contributed by atoms with E-state index in [1.54, 1.807) is 54.6 Å². The Kier molecular flexibility index (Phi) is 7.77. The summed E-state index contributed by atoms with van der Waals surface area (Å²) in [5.41, 5.74) is 1.43. The van der Waals surface area contributed by atoms with Gasteiger partial charge in [0, 0.05) is 12.1 Å². The molecule has 0 bridgehead atoms. The van der Waals surface area contributed by atoms with Gasteiger partial charge in [0.25, 0.3) is 0 Å². The number of halogens is 1. The number of sulfonamides is 1. The van der Waals surface area contributed by atoms with Crippen molar-refractivity contribution in [1.29, 1.82) is 0 Å². The van der Waals surface area contributed by atoms with Gasteiger partial charge in [0.15, 0.2) is 5.75 Å². The quantitative estimate of drug-likeness (QED) is 0.315. The van der Waals surface area contributed by atoms with Crippen LogP contribution in [0.1, 0.15) is 11.1 Å². The van der Waals surface area contributed by atoms with Crippen molar-refractivity contribution < 1.29 is 22.3 Å². The molecule has 0 saturated heterocycles. The summed E-state index contributed by atoms with van der Waals surface area (Å²) in [7, 11) is -4.10. The maximum absolute atomic E-state index is 14.4. The van der Waals surface area contributed by atoms with Gasteiger partial charge >= 0.3 is 0 Å². The van der Waals surface area contributed by atoms with E-state index in [0.29, 0.717) is 17.2 Å². The lowest BCUT2D eigenvalue weighted by molar-refractivity contribution is -0.116. The van der Waals surface area contributed by atoms with E-state index in [4.69, 9.17) is 4.74 Å². The molecule has 36 heavy (non-hydrogen) atoms. The molecule has 0 heterocycles. The van der Waals surface area contributed by atoms with Crippen LogP contribution in [0.2, 0.25) is 0 Å². The first-order valence-corrected chi connectivity index (χ1v) is 12.7. The van der Waals surface area contributed by atoms with Gasteiger partial charge in [-0.15, -0.1) is 0 Å². The number of amides is 1. The van der Waals surface area contributed by atoms with Gasteiger partial charge in [0.1, 0.15) is 11.6 Å². The third-order valence-corrected chi connectivity index (χ3v) is 7.22. The molecule has 0 aliphatic carbocycles. The van der Waals surface area contributed by atoms with Crippen LogP contribution in [-0.4, -0.2) is 25.2 Å². The first kappa shape index (κ1) is 25.1. The molecular weight excluding hydrogens is 479 g/mol. The fourth-order valence-electron chi connectivity index (χ4n) is 3.53. The summed E-state index contributed by atoms with van der Waals surface area (Å²) >= 11 is 0. The SMILES string of the molecule is Cc1ccc(S(=O)(=O)N(CC(=O)Nc2ccccc2Oc2ccccc2)Cc2ccccc2F)cc1. The number of hydrogen-bond acceptors (Lipinski definition) is 4. The van der Waals surface area contributed by atoms with Crippen LogP contribution in [-0.2, 0) is 21.4 Å². The lowest BCUT2D eigenvalue weighted by Crippen LogP contribution is -2.37. The fourth-order valence-corrected chi connectivity index (χ4v) is 4.90. The molecule has 1 N–H and O–H groups in total. The predicted molar refractivity (Wildman–Crippen MR) is 137 cm³/mol. The zero-order valence-electron chi connectivity index (χ0n) is 19.6. The van der Waals surface area contributed by atoms with E-state index in [2.05, 4.69) is 5.32 Å².